The smallest absolute Gasteiger partial charge is 0.318 e. The van der Waals surface area contributed by atoms with E-state index in [-0.39, 0.29) is 12.1 Å². The lowest BCUT2D eigenvalue weighted by molar-refractivity contribution is 0.200. The highest BCUT2D eigenvalue weighted by atomic mass is 32.1. The molecule has 1 aromatic carbocycles. The van der Waals surface area contributed by atoms with Crippen molar-refractivity contribution in [2.75, 3.05) is 7.05 Å². The molecule has 0 fully saturated rings. The number of aromatic nitrogens is 4. The number of benzene rings is 1. The van der Waals surface area contributed by atoms with E-state index in [1.54, 1.807) is 11.9 Å². The van der Waals surface area contributed by atoms with Gasteiger partial charge in [0.2, 0.25) is 5.89 Å². The maximum Gasteiger partial charge on any atom is 0.318 e. The maximum absolute atomic E-state index is 12.3. The lowest BCUT2D eigenvalue weighted by Crippen LogP contribution is -2.38. The first kappa shape index (κ1) is 16.3. The molecule has 2 amide bonds. The third kappa shape index (κ3) is 3.51. The number of amides is 2. The van der Waals surface area contributed by atoms with Crippen LogP contribution in [0.15, 0.2) is 22.7 Å². The average molecular weight is 346 g/mol. The Labute approximate surface area is 143 Å². The molecule has 0 bridgehead atoms. The van der Waals surface area contributed by atoms with Gasteiger partial charge in [0, 0.05) is 20.0 Å². The van der Waals surface area contributed by atoms with Crippen LogP contribution in [0.5, 0.6) is 0 Å². The van der Waals surface area contributed by atoms with E-state index in [4.69, 9.17) is 4.52 Å². The van der Waals surface area contributed by atoms with Crippen LogP contribution in [-0.4, -0.2) is 36.9 Å². The third-order valence-corrected chi connectivity index (χ3v) is 4.15. The van der Waals surface area contributed by atoms with Gasteiger partial charge in [0.1, 0.15) is 17.1 Å². The highest BCUT2D eigenvalue weighted by molar-refractivity contribution is 7.00. The SMILES string of the molecule is CCc1noc([C@H](C)NC(=O)N(C)Cc2ccc3nsnc3c2)n1. The van der Waals surface area contributed by atoms with Crippen molar-refractivity contribution in [1.82, 2.24) is 29.1 Å². The number of aryl methyl sites for hydroxylation is 1. The molecule has 1 atom stereocenters. The molecule has 126 valence electrons. The van der Waals surface area contributed by atoms with E-state index in [2.05, 4.69) is 24.2 Å². The van der Waals surface area contributed by atoms with Crippen LogP contribution in [0, 0.1) is 0 Å². The fourth-order valence-corrected chi connectivity index (χ4v) is 2.73. The summed E-state index contributed by atoms with van der Waals surface area (Å²) < 4.78 is 13.5. The van der Waals surface area contributed by atoms with Crippen molar-refractivity contribution < 1.29 is 9.32 Å². The summed E-state index contributed by atoms with van der Waals surface area (Å²) in [4.78, 5) is 18.1. The van der Waals surface area contributed by atoms with Crippen LogP contribution in [0.2, 0.25) is 0 Å². The minimum Gasteiger partial charge on any atom is -0.337 e. The van der Waals surface area contributed by atoms with Gasteiger partial charge < -0.3 is 14.7 Å². The Hall–Kier alpha value is -2.55. The molecule has 0 saturated heterocycles. The molecule has 0 radical (unpaired) electrons. The van der Waals surface area contributed by atoms with Crippen LogP contribution in [-0.2, 0) is 13.0 Å². The summed E-state index contributed by atoms with van der Waals surface area (Å²) in [6.07, 6.45) is 0.692. The van der Waals surface area contributed by atoms with E-state index >= 15 is 0 Å². The predicted octanol–water partition coefficient (Wildman–Crippen LogP) is 2.54. The molecule has 3 rings (SSSR count). The Morgan fingerprint density at radius 1 is 1.38 bits per heavy atom. The molecule has 2 aromatic heterocycles. The second-order valence-electron chi connectivity index (χ2n) is 5.52. The van der Waals surface area contributed by atoms with Crippen molar-refractivity contribution in [1.29, 1.82) is 0 Å². The number of hydrogen-bond donors (Lipinski definition) is 1. The predicted molar refractivity (Wildman–Crippen MR) is 89.5 cm³/mol. The summed E-state index contributed by atoms with van der Waals surface area (Å²) in [5.41, 5.74) is 2.71. The van der Waals surface area contributed by atoms with Crippen molar-refractivity contribution in [3.63, 3.8) is 0 Å². The minimum absolute atomic E-state index is 0.213. The number of nitrogens with zero attached hydrogens (tertiary/aromatic N) is 5. The van der Waals surface area contributed by atoms with Gasteiger partial charge in [-0.2, -0.15) is 13.7 Å². The normalized spacial score (nSPS) is 12.3. The van der Waals surface area contributed by atoms with Gasteiger partial charge in [-0.3, -0.25) is 0 Å². The summed E-state index contributed by atoms with van der Waals surface area (Å²) >= 11 is 1.18. The van der Waals surface area contributed by atoms with Crippen molar-refractivity contribution in [3.05, 3.63) is 35.5 Å². The third-order valence-electron chi connectivity index (χ3n) is 3.60. The van der Waals surface area contributed by atoms with Gasteiger partial charge in [0.15, 0.2) is 5.82 Å². The topological polar surface area (TPSA) is 97.0 Å². The number of hydrogen-bond acceptors (Lipinski definition) is 7. The summed E-state index contributed by atoms with van der Waals surface area (Å²) in [7, 11) is 1.73. The highest BCUT2D eigenvalue weighted by Crippen LogP contribution is 2.15. The van der Waals surface area contributed by atoms with Crippen LogP contribution in [0.25, 0.3) is 11.0 Å². The van der Waals surface area contributed by atoms with Crippen LogP contribution < -0.4 is 5.32 Å². The Balaban J connectivity index is 1.61. The second kappa shape index (κ2) is 6.91. The molecule has 8 nitrogen and oxygen atoms in total. The zero-order valence-electron chi connectivity index (χ0n) is 13.7. The second-order valence-corrected chi connectivity index (χ2v) is 6.05. The standard InChI is InChI=1S/C15H18N6O2S/c1-4-13-17-14(23-18-13)9(2)16-15(22)21(3)8-10-5-6-11-12(7-10)20-24-19-11/h5-7,9H,4,8H2,1-3H3,(H,16,22)/t9-/m0/s1. The first-order valence-corrected chi connectivity index (χ1v) is 8.35. The summed E-state index contributed by atoms with van der Waals surface area (Å²) in [5, 5.41) is 6.69. The van der Waals surface area contributed by atoms with Crippen molar-refractivity contribution in [3.8, 4) is 0 Å². The van der Waals surface area contributed by atoms with Crippen LogP contribution in [0.4, 0.5) is 4.79 Å². The fraction of sp³-hybridized carbons (Fsp3) is 0.400. The molecule has 3 aromatic rings. The van der Waals surface area contributed by atoms with E-state index in [1.807, 2.05) is 32.0 Å². The maximum atomic E-state index is 12.3. The van der Waals surface area contributed by atoms with Crippen LogP contribution in [0.1, 0.15) is 37.2 Å². The number of carbonyl (C=O) groups is 1. The number of fused-ring (bicyclic) bond motifs is 1. The van der Waals surface area contributed by atoms with E-state index in [9.17, 15) is 4.79 Å². The molecule has 2 heterocycles. The first-order chi connectivity index (χ1) is 11.6. The zero-order chi connectivity index (χ0) is 17.1. The molecule has 0 aliphatic heterocycles. The Morgan fingerprint density at radius 2 is 2.17 bits per heavy atom. The van der Waals surface area contributed by atoms with E-state index < -0.39 is 0 Å². The summed E-state index contributed by atoms with van der Waals surface area (Å²) in [5.74, 6) is 1.04. The number of urea groups is 1. The van der Waals surface area contributed by atoms with Crippen molar-refractivity contribution in [2.45, 2.75) is 32.9 Å². The van der Waals surface area contributed by atoms with Gasteiger partial charge in [-0.25, -0.2) is 4.79 Å². The highest BCUT2D eigenvalue weighted by Gasteiger charge is 2.18. The average Bonchev–Trinajstić information content (AvgIpc) is 3.23. The molecule has 24 heavy (non-hydrogen) atoms. The van der Waals surface area contributed by atoms with Crippen LogP contribution >= 0.6 is 11.7 Å². The summed E-state index contributed by atoms with van der Waals surface area (Å²) in [6.45, 7) is 4.22. The number of carbonyl (C=O) groups excluding carboxylic acids is 1. The Bertz CT molecular complexity index is 845. The molecule has 0 spiro atoms. The molecular formula is C15H18N6O2S. The first-order valence-electron chi connectivity index (χ1n) is 7.62. The van der Waals surface area contributed by atoms with Gasteiger partial charge >= 0.3 is 6.03 Å². The van der Waals surface area contributed by atoms with Gasteiger partial charge in [-0.05, 0) is 24.6 Å². The molecule has 0 saturated carbocycles. The summed E-state index contributed by atoms with van der Waals surface area (Å²) in [6, 6.07) is 5.24. The molecule has 0 unspecified atom stereocenters. The van der Waals surface area contributed by atoms with Gasteiger partial charge in [0.05, 0.1) is 11.7 Å². The van der Waals surface area contributed by atoms with Crippen LogP contribution in [0.3, 0.4) is 0 Å². The molecule has 0 aliphatic carbocycles. The van der Waals surface area contributed by atoms with Crippen molar-refractivity contribution in [2.24, 2.45) is 0 Å². The molecule has 1 N–H and O–H groups in total. The minimum atomic E-state index is -0.349. The molecular weight excluding hydrogens is 328 g/mol. The monoisotopic (exact) mass is 346 g/mol. The van der Waals surface area contributed by atoms with Gasteiger partial charge in [-0.15, -0.1) is 0 Å². The Morgan fingerprint density at radius 3 is 2.92 bits per heavy atom. The fourth-order valence-electron chi connectivity index (χ4n) is 2.22. The lowest BCUT2D eigenvalue weighted by atomic mass is 10.2. The largest absolute Gasteiger partial charge is 0.337 e. The van der Waals surface area contributed by atoms with Crippen molar-refractivity contribution >= 4 is 28.8 Å². The van der Waals surface area contributed by atoms with E-state index in [1.165, 1.54) is 11.7 Å². The number of nitrogens with one attached hydrogen (secondary N) is 1. The lowest BCUT2D eigenvalue weighted by Gasteiger charge is -2.20. The zero-order valence-corrected chi connectivity index (χ0v) is 14.5. The van der Waals surface area contributed by atoms with Gasteiger partial charge in [-0.1, -0.05) is 18.1 Å². The van der Waals surface area contributed by atoms with Gasteiger partial charge in [0.25, 0.3) is 0 Å². The molecule has 9 heteroatoms. The Kier molecular flexibility index (Phi) is 4.70. The van der Waals surface area contributed by atoms with E-state index in [0.717, 1.165) is 16.6 Å². The molecule has 0 aliphatic rings. The number of rotatable bonds is 5. The van der Waals surface area contributed by atoms with E-state index in [0.29, 0.717) is 24.7 Å². The quantitative estimate of drug-likeness (QED) is 0.762.